The number of esters is 1. The van der Waals surface area contributed by atoms with Gasteiger partial charge in [0.15, 0.2) is 0 Å². The third-order valence-electron chi connectivity index (χ3n) is 5.24. The highest BCUT2D eigenvalue weighted by Gasteiger charge is 2.43. The van der Waals surface area contributed by atoms with Crippen LogP contribution in [0.5, 0.6) is 0 Å². The summed E-state index contributed by atoms with van der Waals surface area (Å²) in [4.78, 5) is 11.8. The summed E-state index contributed by atoms with van der Waals surface area (Å²) in [5.41, 5.74) is 0.646. The Morgan fingerprint density at radius 3 is 2.75 bits per heavy atom. The zero-order valence-electron chi connectivity index (χ0n) is 16.1. The number of carbonyl (C=O) groups is 1. The van der Waals surface area contributed by atoms with Crippen LogP contribution < -0.4 is 0 Å². The summed E-state index contributed by atoms with van der Waals surface area (Å²) in [6.45, 7) is 1.85. The van der Waals surface area contributed by atoms with E-state index in [1.807, 2.05) is 0 Å². The molecule has 2 aliphatic heterocycles. The largest absolute Gasteiger partial charge is 0.469 e. The van der Waals surface area contributed by atoms with Crippen LogP contribution in [0.25, 0.3) is 0 Å². The highest BCUT2D eigenvalue weighted by molar-refractivity contribution is 7.89. The smallest absolute Gasteiger partial charge is 0.308 e. The second-order valence-electron chi connectivity index (χ2n) is 7.25. The van der Waals surface area contributed by atoms with Gasteiger partial charge in [-0.25, -0.2) is 8.42 Å². The molecule has 3 rings (SSSR count). The number of hydrogen-bond acceptors (Lipinski definition) is 7. The number of sulfonamides is 1. The Balaban J connectivity index is 1.88. The van der Waals surface area contributed by atoms with Gasteiger partial charge < -0.3 is 19.3 Å². The molecule has 8 nitrogen and oxygen atoms in total. The Kier molecular flexibility index (Phi) is 6.72. The van der Waals surface area contributed by atoms with Crippen LogP contribution in [-0.2, 0) is 29.0 Å². The Morgan fingerprint density at radius 2 is 2.04 bits per heavy atom. The van der Waals surface area contributed by atoms with E-state index in [4.69, 9.17) is 14.2 Å². The van der Waals surface area contributed by atoms with Gasteiger partial charge in [-0.2, -0.15) is 4.31 Å². The molecule has 0 spiro atoms. The molecule has 0 aliphatic carbocycles. The zero-order valence-corrected chi connectivity index (χ0v) is 16.9. The van der Waals surface area contributed by atoms with Gasteiger partial charge in [0, 0.05) is 6.54 Å². The maximum Gasteiger partial charge on any atom is 0.308 e. The fraction of sp³-hybridized carbons (Fsp3) is 0.632. The fourth-order valence-electron chi connectivity index (χ4n) is 3.81. The number of aliphatic hydroxyl groups excluding tert-OH is 1. The molecular formula is C19H27NO7S. The van der Waals surface area contributed by atoms with Crippen molar-refractivity contribution in [3.63, 3.8) is 0 Å². The number of hydrogen-bond donors (Lipinski definition) is 1. The van der Waals surface area contributed by atoms with Gasteiger partial charge in [0.1, 0.15) is 0 Å². The lowest BCUT2D eigenvalue weighted by molar-refractivity contribution is -0.157. The van der Waals surface area contributed by atoms with E-state index < -0.39 is 28.3 Å². The molecule has 0 bridgehead atoms. The number of aliphatic hydroxyl groups is 1. The molecular weight excluding hydrogens is 386 g/mol. The molecule has 0 aromatic heterocycles. The molecule has 1 aromatic rings. The molecule has 2 heterocycles. The van der Waals surface area contributed by atoms with Gasteiger partial charge in [-0.3, -0.25) is 4.79 Å². The Bertz CT molecular complexity index is 797. The van der Waals surface area contributed by atoms with E-state index in [9.17, 15) is 18.3 Å². The first kappa shape index (κ1) is 21.2. The normalized spacial score (nSPS) is 29.4. The summed E-state index contributed by atoms with van der Waals surface area (Å²) >= 11 is 0. The summed E-state index contributed by atoms with van der Waals surface area (Å²) in [7, 11) is -2.51. The number of benzene rings is 1. The fourth-order valence-corrected chi connectivity index (χ4v) is 5.76. The van der Waals surface area contributed by atoms with Crippen molar-refractivity contribution in [1.82, 2.24) is 4.31 Å². The van der Waals surface area contributed by atoms with Gasteiger partial charge in [-0.05, 0) is 31.4 Å². The van der Waals surface area contributed by atoms with Gasteiger partial charge in [0.25, 0.3) is 0 Å². The molecule has 2 saturated heterocycles. The maximum atomic E-state index is 13.4. The summed E-state index contributed by atoms with van der Waals surface area (Å²) in [5, 5.41) is 10.2. The highest BCUT2D eigenvalue weighted by atomic mass is 32.2. The molecule has 0 radical (unpaired) electrons. The first-order valence-electron chi connectivity index (χ1n) is 9.38. The summed E-state index contributed by atoms with van der Waals surface area (Å²) in [6.07, 6.45) is -0.640. The Morgan fingerprint density at radius 1 is 1.29 bits per heavy atom. The Labute approximate surface area is 165 Å². The van der Waals surface area contributed by atoms with Crippen LogP contribution in [0.15, 0.2) is 29.2 Å². The average Bonchev–Trinajstić information content (AvgIpc) is 2.65. The maximum absolute atomic E-state index is 13.4. The van der Waals surface area contributed by atoms with Crippen molar-refractivity contribution in [2.45, 2.75) is 55.4 Å². The van der Waals surface area contributed by atoms with Crippen molar-refractivity contribution in [2.75, 3.05) is 26.9 Å². The van der Waals surface area contributed by atoms with E-state index in [2.05, 4.69) is 0 Å². The van der Waals surface area contributed by atoms with E-state index in [0.717, 1.165) is 0 Å². The molecule has 2 aliphatic rings. The number of fused-ring (bicyclic) bond motifs is 1. The minimum atomic E-state index is -3.83. The van der Waals surface area contributed by atoms with Crippen LogP contribution in [0.2, 0.25) is 0 Å². The number of nitrogens with zero attached hydrogens (tertiary/aromatic N) is 1. The number of methoxy groups -OCH3 is 1. The second-order valence-corrected chi connectivity index (χ2v) is 9.11. The predicted octanol–water partition coefficient (Wildman–Crippen LogP) is 0.856. The molecule has 1 N–H and O–H groups in total. The first-order valence-corrected chi connectivity index (χ1v) is 10.8. The summed E-state index contributed by atoms with van der Waals surface area (Å²) in [6, 6.07) is 6.32. The van der Waals surface area contributed by atoms with Crippen LogP contribution in [0, 0.1) is 6.92 Å². The number of rotatable bonds is 4. The number of ether oxygens (including phenoxy) is 3. The van der Waals surface area contributed by atoms with Crippen molar-refractivity contribution < 1.29 is 32.5 Å². The van der Waals surface area contributed by atoms with E-state index in [-0.39, 0.29) is 43.1 Å². The standard InChI is InChI=1S/C19H27NO7S/c1-13-5-3-4-6-18(13)28(23,24)20-10-14(21)11-26-12-17-16(20)8-7-15(27-17)9-19(22)25-2/h3-6,14-17,21H,7-12H2,1-2H3/t14-,15+,16-,17+/m0/s1. The predicted molar refractivity (Wildman–Crippen MR) is 100 cm³/mol. The molecule has 28 heavy (non-hydrogen) atoms. The molecule has 1 aromatic carbocycles. The average molecular weight is 413 g/mol. The van der Waals surface area contributed by atoms with Gasteiger partial charge in [0.2, 0.25) is 10.0 Å². The van der Waals surface area contributed by atoms with Gasteiger partial charge >= 0.3 is 5.97 Å². The third kappa shape index (κ3) is 4.55. The van der Waals surface area contributed by atoms with Gasteiger partial charge in [-0.1, -0.05) is 18.2 Å². The van der Waals surface area contributed by atoms with Crippen molar-refractivity contribution in [1.29, 1.82) is 0 Å². The number of carbonyl (C=O) groups excluding carboxylic acids is 1. The molecule has 156 valence electrons. The molecule has 0 unspecified atom stereocenters. The van der Waals surface area contributed by atoms with Crippen LogP contribution in [0.4, 0.5) is 0 Å². The van der Waals surface area contributed by atoms with Crippen LogP contribution in [0.1, 0.15) is 24.8 Å². The second kappa shape index (κ2) is 8.87. The van der Waals surface area contributed by atoms with Crippen LogP contribution >= 0.6 is 0 Å². The lowest BCUT2D eigenvalue weighted by Crippen LogP contribution is -2.57. The Hall–Kier alpha value is -1.52. The van der Waals surface area contributed by atoms with Crippen molar-refractivity contribution in [2.24, 2.45) is 0 Å². The molecule has 4 atom stereocenters. The quantitative estimate of drug-likeness (QED) is 0.730. The minimum Gasteiger partial charge on any atom is -0.469 e. The van der Waals surface area contributed by atoms with Crippen molar-refractivity contribution in [3.05, 3.63) is 29.8 Å². The SMILES string of the molecule is COC(=O)C[C@H]1CC[C@H]2[C@@H](COC[C@@H](O)CN2S(=O)(=O)c2ccccc2C)O1. The lowest BCUT2D eigenvalue weighted by atomic mass is 9.96. The van der Waals surface area contributed by atoms with Crippen LogP contribution in [-0.4, -0.2) is 75.0 Å². The van der Waals surface area contributed by atoms with E-state index in [1.54, 1.807) is 31.2 Å². The number of β-amino-alcohol motifs (C(OH)–C–C–N with tert-alkyl or cyclic N) is 1. The first-order chi connectivity index (χ1) is 13.3. The third-order valence-corrected chi connectivity index (χ3v) is 7.29. The topological polar surface area (TPSA) is 102 Å². The molecule has 9 heteroatoms. The monoisotopic (exact) mass is 413 g/mol. The van der Waals surface area contributed by atoms with Crippen LogP contribution in [0.3, 0.4) is 0 Å². The molecule has 0 saturated carbocycles. The highest BCUT2D eigenvalue weighted by Crippen LogP contribution is 2.32. The van der Waals surface area contributed by atoms with Crippen molar-refractivity contribution >= 4 is 16.0 Å². The summed E-state index contributed by atoms with van der Waals surface area (Å²) in [5.74, 6) is -0.366. The number of aryl methyl sites for hydroxylation is 1. The van der Waals surface area contributed by atoms with E-state index in [0.29, 0.717) is 18.4 Å². The van der Waals surface area contributed by atoms with E-state index in [1.165, 1.54) is 11.4 Å². The minimum absolute atomic E-state index is 0.0219. The van der Waals surface area contributed by atoms with Gasteiger partial charge in [0.05, 0.1) is 56.0 Å². The summed E-state index contributed by atoms with van der Waals surface area (Å²) < 4.78 is 44.4. The van der Waals surface area contributed by atoms with Crippen molar-refractivity contribution in [3.8, 4) is 0 Å². The zero-order chi connectivity index (χ0) is 20.3. The lowest BCUT2D eigenvalue weighted by Gasteiger charge is -2.43. The molecule has 2 fully saturated rings. The van der Waals surface area contributed by atoms with E-state index >= 15 is 0 Å². The molecule has 0 amide bonds. The van der Waals surface area contributed by atoms with Gasteiger partial charge in [-0.15, -0.1) is 0 Å².